The van der Waals surface area contributed by atoms with Gasteiger partial charge in [-0.3, -0.25) is 4.79 Å². The number of nitrogens with one attached hydrogen (secondary N) is 2. The quantitative estimate of drug-likeness (QED) is 0.848. The Morgan fingerprint density at radius 3 is 2.83 bits per heavy atom. The van der Waals surface area contributed by atoms with Crippen molar-refractivity contribution in [2.24, 2.45) is 0 Å². The third-order valence-corrected chi connectivity index (χ3v) is 3.84. The van der Waals surface area contributed by atoms with E-state index in [1.165, 1.54) is 5.56 Å². The van der Waals surface area contributed by atoms with Gasteiger partial charge in [-0.25, -0.2) is 0 Å². The first-order chi connectivity index (χ1) is 8.66. The first-order valence-corrected chi connectivity index (χ1v) is 7.23. The van der Waals surface area contributed by atoms with Crippen LogP contribution < -0.4 is 10.6 Å². The molecule has 1 aliphatic carbocycles. The predicted octanol–water partition coefficient (Wildman–Crippen LogP) is 2.77. The standard InChI is InChI=1S/C14H19BrN2O/c1-10(12-4-2-3-5-13(12)15)16-9-8-14(18)17-11-6-7-11/h2-5,10-11,16H,6-9H2,1H3,(H,17,18)/t10-/m1/s1. The molecule has 1 aliphatic rings. The maximum Gasteiger partial charge on any atom is 0.221 e. The predicted molar refractivity (Wildman–Crippen MR) is 76.3 cm³/mol. The van der Waals surface area contributed by atoms with E-state index >= 15 is 0 Å². The van der Waals surface area contributed by atoms with Gasteiger partial charge in [0.25, 0.3) is 0 Å². The molecule has 1 atom stereocenters. The van der Waals surface area contributed by atoms with E-state index in [4.69, 9.17) is 0 Å². The summed E-state index contributed by atoms with van der Waals surface area (Å²) in [4.78, 5) is 11.5. The highest BCUT2D eigenvalue weighted by Gasteiger charge is 2.22. The van der Waals surface area contributed by atoms with Crippen molar-refractivity contribution >= 4 is 21.8 Å². The largest absolute Gasteiger partial charge is 0.353 e. The molecular weight excluding hydrogens is 292 g/mol. The summed E-state index contributed by atoms with van der Waals surface area (Å²) in [6, 6.07) is 8.85. The van der Waals surface area contributed by atoms with Crippen molar-refractivity contribution in [3.63, 3.8) is 0 Å². The second-order valence-corrected chi connectivity index (χ2v) is 5.64. The van der Waals surface area contributed by atoms with Gasteiger partial charge in [-0.05, 0) is 31.4 Å². The van der Waals surface area contributed by atoms with Crippen LogP contribution >= 0.6 is 15.9 Å². The minimum Gasteiger partial charge on any atom is -0.353 e. The highest BCUT2D eigenvalue weighted by atomic mass is 79.9. The van der Waals surface area contributed by atoms with Crippen LogP contribution in [0.1, 0.15) is 37.8 Å². The number of benzene rings is 1. The molecule has 0 aromatic heterocycles. The molecule has 0 heterocycles. The molecule has 2 N–H and O–H groups in total. The van der Waals surface area contributed by atoms with Crippen molar-refractivity contribution in [3.8, 4) is 0 Å². The lowest BCUT2D eigenvalue weighted by atomic mass is 10.1. The summed E-state index contributed by atoms with van der Waals surface area (Å²) in [7, 11) is 0. The number of halogens is 1. The monoisotopic (exact) mass is 310 g/mol. The highest BCUT2D eigenvalue weighted by Crippen LogP contribution is 2.22. The molecule has 0 radical (unpaired) electrons. The highest BCUT2D eigenvalue weighted by molar-refractivity contribution is 9.10. The van der Waals surface area contributed by atoms with Crippen LogP contribution in [0.3, 0.4) is 0 Å². The van der Waals surface area contributed by atoms with E-state index in [1.807, 2.05) is 18.2 Å². The smallest absolute Gasteiger partial charge is 0.221 e. The number of rotatable bonds is 6. The van der Waals surface area contributed by atoms with Gasteiger partial charge in [0.15, 0.2) is 0 Å². The summed E-state index contributed by atoms with van der Waals surface area (Å²) in [5.41, 5.74) is 1.22. The number of hydrogen-bond acceptors (Lipinski definition) is 2. The van der Waals surface area contributed by atoms with E-state index in [9.17, 15) is 4.79 Å². The molecule has 3 nitrogen and oxygen atoms in total. The number of carbonyl (C=O) groups is 1. The average Bonchev–Trinajstić information content (AvgIpc) is 3.13. The Balaban J connectivity index is 1.72. The lowest BCUT2D eigenvalue weighted by Crippen LogP contribution is -2.30. The maximum atomic E-state index is 11.5. The van der Waals surface area contributed by atoms with Crippen LogP contribution in [0.25, 0.3) is 0 Å². The van der Waals surface area contributed by atoms with E-state index in [0.29, 0.717) is 19.0 Å². The van der Waals surface area contributed by atoms with Crippen LogP contribution in [0.2, 0.25) is 0 Å². The minimum atomic E-state index is 0.157. The second-order valence-electron chi connectivity index (χ2n) is 4.79. The maximum absolute atomic E-state index is 11.5. The van der Waals surface area contributed by atoms with E-state index in [1.54, 1.807) is 0 Å². The van der Waals surface area contributed by atoms with Gasteiger partial charge in [0.2, 0.25) is 5.91 Å². The Labute approximate surface area is 116 Å². The molecule has 98 valence electrons. The van der Waals surface area contributed by atoms with Crippen LogP contribution in [0.4, 0.5) is 0 Å². The van der Waals surface area contributed by atoms with Gasteiger partial charge in [-0.2, -0.15) is 0 Å². The Morgan fingerprint density at radius 2 is 2.17 bits per heavy atom. The van der Waals surface area contributed by atoms with Crippen LogP contribution in [-0.4, -0.2) is 18.5 Å². The van der Waals surface area contributed by atoms with Crippen LogP contribution in [0, 0.1) is 0 Å². The fraction of sp³-hybridized carbons (Fsp3) is 0.500. The minimum absolute atomic E-state index is 0.157. The molecule has 1 aromatic carbocycles. The molecule has 1 saturated carbocycles. The van der Waals surface area contributed by atoms with E-state index in [0.717, 1.165) is 17.3 Å². The van der Waals surface area contributed by atoms with Crippen molar-refractivity contribution in [2.75, 3.05) is 6.54 Å². The van der Waals surface area contributed by atoms with Crippen molar-refractivity contribution in [1.82, 2.24) is 10.6 Å². The van der Waals surface area contributed by atoms with Gasteiger partial charge in [-0.1, -0.05) is 34.1 Å². The molecule has 0 spiro atoms. The average molecular weight is 311 g/mol. The summed E-state index contributed by atoms with van der Waals surface area (Å²) >= 11 is 3.54. The molecule has 1 fully saturated rings. The normalized spacial score (nSPS) is 16.3. The molecule has 2 rings (SSSR count). The zero-order valence-corrected chi connectivity index (χ0v) is 12.2. The molecule has 0 aliphatic heterocycles. The van der Waals surface area contributed by atoms with Crippen molar-refractivity contribution in [3.05, 3.63) is 34.3 Å². The Kier molecular flexibility index (Phi) is 4.78. The van der Waals surface area contributed by atoms with E-state index in [-0.39, 0.29) is 11.9 Å². The zero-order valence-electron chi connectivity index (χ0n) is 10.6. The summed E-state index contributed by atoms with van der Waals surface area (Å²) in [5, 5.41) is 6.36. The Hall–Kier alpha value is -0.870. The zero-order chi connectivity index (χ0) is 13.0. The fourth-order valence-electron chi connectivity index (χ4n) is 1.87. The SMILES string of the molecule is C[C@@H](NCCC(=O)NC1CC1)c1ccccc1Br. The van der Waals surface area contributed by atoms with Crippen molar-refractivity contribution in [2.45, 2.75) is 38.3 Å². The van der Waals surface area contributed by atoms with Crippen LogP contribution in [0.15, 0.2) is 28.7 Å². The van der Waals surface area contributed by atoms with Crippen LogP contribution in [0.5, 0.6) is 0 Å². The molecule has 4 heteroatoms. The molecule has 0 saturated heterocycles. The van der Waals surface area contributed by atoms with Crippen molar-refractivity contribution in [1.29, 1.82) is 0 Å². The molecular formula is C14H19BrN2O. The summed E-state index contributed by atoms with van der Waals surface area (Å²) in [6.07, 6.45) is 2.84. The molecule has 1 amide bonds. The molecule has 1 aromatic rings. The number of amides is 1. The summed E-state index contributed by atoms with van der Waals surface area (Å²) in [5.74, 6) is 0.157. The van der Waals surface area contributed by atoms with Gasteiger partial charge in [0.1, 0.15) is 0 Å². The van der Waals surface area contributed by atoms with Gasteiger partial charge < -0.3 is 10.6 Å². The van der Waals surface area contributed by atoms with Gasteiger partial charge in [-0.15, -0.1) is 0 Å². The Morgan fingerprint density at radius 1 is 1.44 bits per heavy atom. The number of carbonyl (C=O) groups excluding carboxylic acids is 1. The second kappa shape index (κ2) is 6.34. The fourth-order valence-corrected chi connectivity index (χ4v) is 2.49. The molecule has 0 unspecified atom stereocenters. The summed E-state index contributed by atoms with van der Waals surface area (Å²) in [6.45, 7) is 2.82. The first kappa shape index (κ1) is 13.6. The van der Waals surface area contributed by atoms with Gasteiger partial charge in [0, 0.05) is 29.5 Å². The van der Waals surface area contributed by atoms with E-state index < -0.39 is 0 Å². The topological polar surface area (TPSA) is 41.1 Å². The number of hydrogen-bond donors (Lipinski definition) is 2. The van der Waals surface area contributed by atoms with Gasteiger partial charge in [0.05, 0.1) is 0 Å². The molecule has 0 bridgehead atoms. The van der Waals surface area contributed by atoms with Gasteiger partial charge >= 0.3 is 0 Å². The third kappa shape index (κ3) is 4.10. The third-order valence-electron chi connectivity index (χ3n) is 3.12. The van der Waals surface area contributed by atoms with Crippen molar-refractivity contribution < 1.29 is 4.79 Å². The summed E-state index contributed by atoms with van der Waals surface area (Å²) < 4.78 is 1.10. The first-order valence-electron chi connectivity index (χ1n) is 6.44. The lowest BCUT2D eigenvalue weighted by molar-refractivity contribution is -0.121. The lowest BCUT2D eigenvalue weighted by Gasteiger charge is -2.15. The Bertz CT molecular complexity index is 418. The van der Waals surface area contributed by atoms with E-state index in [2.05, 4.69) is 39.6 Å². The van der Waals surface area contributed by atoms with Crippen LogP contribution in [-0.2, 0) is 4.79 Å². The molecule has 18 heavy (non-hydrogen) atoms.